The van der Waals surface area contributed by atoms with Gasteiger partial charge in [0.05, 0.1) is 22.8 Å². The van der Waals surface area contributed by atoms with Gasteiger partial charge in [-0.2, -0.15) is 0 Å². The van der Waals surface area contributed by atoms with E-state index in [1.807, 2.05) is 18.2 Å². The Morgan fingerprint density at radius 3 is 2.72 bits per heavy atom. The number of anilines is 2. The minimum absolute atomic E-state index is 0.0758. The predicted molar refractivity (Wildman–Crippen MR) is 122 cm³/mol. The van der Waals surface area contributed by atoms with Crippen LogP contribution >= 0.6 is 22.7 Å². The number of carbonyl (C=O) groups excluding carboxylic acids is 1. The molecule has 1 fully saturated rings. The molecule has 4 rings (SSSR count). The summed E-state index contributed by atoms with van der Waals surface area (Å²) in [6.07, 6.45) is 0. The fourth-order valence-corrected chi connectivity index (χ4v) is 5.66. The van der Waals surface area contributed by atoms with Crippen LogP contribution in [0.5, 0.6) is 0 Å². The van der Waals surface area contributed by atoms with Gasteiger partial charge >= 0.3 is 0 Å². The number of amides is 1. The summed E-state index contributed by atoms with van der Waals surface area (Å²) in [5, 5.41) is 4.07. The van der Waals surface area contributed by atoms with Gasteiger partial charge in [-0.15, -0.1) is 11.3 Å². The van der Waals surface area contributed by atoms with Crippen LogP contribution in [0.4, 0.5) is 10.8 Å². The second kappa shape index (κ2) is 9.21. The number of hydrogen-bond acceptors (Lipinski definition) is 7. The van der Waals surface area contributed by atoms with Crippen LogP contribution in [0.2, 0.25) is 0 Å². The van der Waals surface area contributed by atoms with E-state index in [0.29, 0.717) is 4.88 Å². The minimum Gasteiger partial charge on any atom is -0.379 e. The normalized spacial score (nSPS) is 15.0. The first-order valence-electron chi connectivity index (χ1n) is 10.0. The molecule has 1 N–H and O–H groups in total. The highest BCUT2D eigenvalue weighted by atomic mass is 32.1. The van der Waals surface area contributed by atoms with Crippen molar-refractivity contribution in [3.05, 3.63) is 40.8 Å². The largest absolute Gasteiger partial charge is 0.379 e. The van der Waals surface area contributed by atoms with Crippen LogP contribution in [0.3, 0.4) is 0 Å². The first-order chi connectivity index (χ1) is 14.2. The van der Waals surface area contributed by atoms with E-state index in [9.17, 15) is 4.79 Å². The zero-order valence-electron chi connectivity index (χ0n) is 16.8. The van der Waals surface area contributed by atoms with Crippen molar-refractivity contribution in [3.8, 4) is 0 Å². The van der Waals surface area contributed by atoms with Gasteiger partial charge in [0.15, 0.2) is 5.13 Å². The van der Waals surface area contributed by atoms with Gasteiger partial charge in [-0.3, -0.25) is 9.69 Å². The Labute approximate surface area is 179 Å². The highest BCUT2D eigenvalue weighted by Crippen LogP contribution is 2.34. The monoisotopic (exact) mass is 430 g/mol. The molecule has 0 saturated carbocycles. The summed E-state index contributed by atoms with van der Waals surface area (Å²) in [7, 11) is 0. The zero-order valence-corrected chi connectivity index (χ0v) is 18.4. The Morgan fingerprint density at radius 1 is 1.21 bits per heavy atom. The molecule has 0 radical (unpaired) electrons. The molecule has 8 heteroatoms. The van der Waals surface area contributed by atoms with Crippen LogP contribution in [0.25, 0.3) is 9.53 Å². The van der Waals surface area contributed by atoms with Crippen LogP contribution in [0, 0.1) is 0 Å². The Morgan fingerprint density at radius 2 is 2.00 bits per heavy atom. The van der Waals surface area contributed by atoms with Gasteiger partial charge in [-0.1, -0.05) is 23.5 Å². The van der Waals surface area contributed by atoms with E-state index in [0.717, 1.165) is 66.3 Å². The van der Waals surface area contributed by atoms with E-state index in [1.54, 1.807) is 11.3 Å². The lowest BCUT2D eigenvalue weighted by molar-refractivity contribution is 0.0342. The van der Waals surface area contributed by atoms with Gasteiger partial charge in [0.1, 0.15) is 4.83 Å². The molecule has 2 aromatic heterocycles. The maximum atomic E-state index is 12.8. The van der Waals surface area contributed by atoms with Crippen molar-refractivity contribution in [1.29, 1.82) is 0 Å². The molecular formula is C21H26N4O2S2. The van der Waals surface area contributed by atoms with Crippen molar-refractivity contribution >= 4 is 48.9 Å². The zero-order chi connectivity index (χ0) is 20.2. The molecule has 3 heterocycles. The first kappa shape index (κ1) is 20.3. The standard InChI is InChI=1S/C21H26N4O2S2/c1-3-25(4-2)21-23-20-18(29-21)13-17(28-20)19(26)22-16-7-5-6-15(12-16)14-24-8-10-27-11-9-24/h5-7,12-13H,3-4,8-11,14H2,1-2H3,(H,22,26). The highest BCUT2D eigenvalue weighted by Gasteiger charge is 2.16. The van der Waals surface area contributed by atoms with Gasteiger partial charge in [0, 0.05) is 38.4 Å². The average Bonchev–Trinajstić information content (AvgIpc) is 3.29. The highest BCUT2D eigenvalue weighted by molar-refractivity contribution is 7.29. The number of ether oxygens (including phenoxy) is 1. The fraction of sp³-hybridized carbons (Fsp3) is 0.429. The molecule has 6 nitrogen and oxygen atoms in total. The van der Waals surface area contributed by atoms with Crippen LogP contribution in [0.1, 0.15) is 29.1 Å². The molecule has 1 aromatic carbocycles. The smallest absolute Gasteiger partial charge is 0.265 e. The van der Waals surface area contributed by atoms with Gasteiger partial charge < -0.3 is 15.0 Å². The Bertz CT molecular complexity index is 943. The summed E-state index contributed by atoms with van der Waals surface area (Å²) in [4.78, 5) is 23.7. The number of hydrogen-bond donors (Lipinski definition) is 1. The van der Waals surface area contributed by atoms with Crippen molar-refractivity contribution in [1.82, 2.24) is 9.88 Å². The third-order valence-corrected chi connectivity index (χ3v) is 7.25. The number of carbonyl (C=O) groups is 1. The van der Waals surface area contributed by atoms with E-state index in [-0.39, 0.29) is 5.91 Å². The van der Waals surface area contributed by atoms with Crippen LogP contribution < -0.4 is 10.2 Å². The van der Waals surface area contributed by atoms with Crippen molar-refractivity contribution in [3.63, 3.8) is 0 Å². The maximum absolute atomic E-state index is 12.8. The van der Waals surface area contributed by atoms with Crippen molar-refractivity contribution in [2.75, 3.05) is 49.6 Å². The molecule has 3 aromatic rings. The second-order valence-electron chi connectivity index (χ2n) is 6.99. The second-order valence-corrected chi connectivity index (χ2v) is 9.03. The quantitative estimate of drug-likeness (QED) is 0.606. The number of rotatable bonds is 7. The van der Waals surface area contributed by atoms with Gasteiger partial charge in [0.25, 0.3) is 5.91 Å². The van der Waals surface area contributed by atoms with Crippen LogP contribution in [-0.2, 0) is 11.3 Å². The van der Waals surface area contributed by atoms with Crippen molar-refractivity contribution in [2.24, 2.45) is 0 Å². The molecule has 0 bridgehead atoms. The maximum Gasteiger partial charge on any atom is 0.265 e. The summed E-state index contributed by atoms with van der Waals surface area (Å²) in [5.74, 6) is -0.0758. The van der Waals surface area contributed by atoms with Crippen molar-refractivity contribution < 1.29 is 9.53 Å². The molecular weight excluding hydrogens is 404 g/mol. The SMILES string of the molecule is CCN(CC)c1nc2sc(C(=O)Nc3cccc(CN4CCOCC4)c3)cc2s1. The number of fused-ring (bicyclic) bond motifs is 1. The Balaban J connectivity index is 1.43. The minimum atomic E-state index is -0.0758. The molecule has 0 spiro atoms. The molecule has 0 aliphatic carbocycles. The Hall–Kier alpha value is -2.00. The van der Waals surface area contributed by atoms with E-state index in [4.69, 9.17) is 9.72 Å². The molecule has 1 amide bonds. The number of nitrogens with one attached hydrogen (secondary N) is 1. The Kier molecular flexibility index (Phi) is 6.44. The van der Waals surface area contributed by atoms with Gasteiger partial charge in [0.2, 0.25) is 0 Å². The topological polar surface area (TPSA) is 57.7 Å². The molecule has 0 unspecified atom stereocenters. The molecule has 1 saturated heterocycles. The fourth-order valence-electron chi connectivity index (χ4n) is 3.42. The summed E-state index contributed by atoms with van der Waals surface area (Å²) < 4.78 is 6.48. The number of aromatic nitrogens is 1. The number of thiazole rings is 1. The third kappa shape index (κ3) is 4.78. The summed E-state index contributed by atoms with van der Waals surface area (Å²) >= 11 is 3.11. The lowest BCUT2D eigenvalue weighted by Gasteiger charge is -2.26. The molecule has 1 aliphatic heterocycles. The lowest BCUT2D eigenvalue weighted by atomic mass is 10.2. The summed E-state index contributed by atoms with van der Waals surface area (Å²) in [6, 6.07) is 10.0. The lowest BCUT2D eigenvalue weighted by Crippen LogP contribution is -2.35. The van der Waals surface area contributed by atoms with Crippen LogP contribution in [-0.4, -0.2) is 55.2 Å². The number of thiophene rings is 1. The van der Waals surface area contributed by atoms with Crippen molar-refractivity contribution in [2.45, 2.75) is 20.4 Å². The van der Waals surface area contributed by atoms with E-state index < -0.39 is 0 Å². The first-order valence-corrected chi connectivity index (χ1v) is 11.6. The van der Waals surface area contributed by atoms with Gasteiger partial charge in [-0.25, -0.2) is 4.98 Å². The van der Waals surface area contributed by atoms with E-state index >= 15 is 0 Å². The van der Waals surface area contributed by atoms with E-state index in [2.05, 4.69) is 41.1 Å². The van der Waals surface area contributed by atoms with Gasteiger partial charge in [-0.05, 0) is 37.6 Å². The van der Waals surface area contributed by atoms with E-state index in [1.165, 1.54) is 16.9 Å². The molecule has 154 valence electrons. The molecule has 1 aliphatic rings. The summed E-state index contributed by atoms with van der Waals surface area (Å²) in [6.45, 7) is 10.5. The molecule has 29 heavy (non-hydrogen) atoms. The summed E-state index contributed by atoms with van der Waals surface area (Å²) in [5.41, 5.74) is 2.02. The van der Waals surface area contributed by atoms with Crippen LogP contribution in [0.15, 0.2) is 30.3 Å². The number of morpholine rings is 1. The number of nitrogens with zero attached hydrogens (tertiary/aromatic N) is 3. The average molecular weight is 431 g/mol. The predicted octanol–water partition coefficient (Wildman–Crippen LogP) is 4.29. The third-order valence-electron chi connectivity index (χ3n) is 5.03. The molecule has 0 atom stereocenters. The number of benzene rings is 1.